The number of H-pyrrole nitrogens is 1. The summed E-state index contributed by atoms with van der Waals surface area (Å²) >= 11 is 0. The zero-order chi connectivity index (χ0) is 40.3. The molecule has 5 aromatic rings. The van der Waals surface area contributed by atoms with E-state index in [2.05, 4.69) is 81.0 Å². The lowest BCUT2D eigenvalue weighted by atomic mass is 9.72. The first-order chi connectivity index (χ1) is 28.0. The summed E-state index contributed by atoms with van der Waals surface area (Å²) in [6.45, 7) is 11.7. The summed E-state index contributed by atoms with van der Waals surface area (Å²) in [5, 5.41) is 4.13. The van der Waals surface area contributed by atoms with E-state index >= 15 is 0 Å². The lowest BCUT2D eigenvalue weighted by Crippen LogP contribution is -2.32. The fourth-order valence-electron chi connectivity index (χ4n) is 8.13. The summed E-state index contributed by atoms with van der Waals surface area (Å²) in [6.07, 6.45) is 13.0. The molecule has 0 unspecified atom stereocenters. The van der Waals surface area contributed by atoms with Gasteiger partial charge in [-0.2, -0.15) is 0 Å². The van der Waals surface area contributed by atoms with E-state index < -0.39 is 15.9 Å². The Bertz CT molecular complexity index is 2450. The summed E-state index contributed by atoms with van der Waals surface area (Å²) in [5.41, 5.74) is 8.75. The van der Waals surface area contributed by atoms with Gasteiger partial charge in [0.25, 0.3) is 15.9 Å². The van der Waals surface area contributed by atoms with Gasteiger partial charge in [-0.25, -0.2) is 23.1 Å². The average molecular weight is 801 g/mol. The molecular formula is C46H52N6O5S. The summed E-state index contributed by atoms with van der Waals surface area (Å²) < 4.78 is 41.0. The second-order valence-corrected chi connectivity index (χ2v) is 18.3. The van der Waals surface area contributed by atoms with Crippen LogP contribution in [0.2, 0.25) is 0 Å². The number of fused-ring (bicyclic) bond motifs is 1. The van der Waals surface area contributed by atoms with Crippen LogP contribution in [0.3, 0.4) is 0 Å². The highest BCUT2D eigenvalue weighted by atomic mass is 32.2. The number of hydrogen-bond acceptors (Lipinski definition) is 9. The van der Waals surface area contributed by atoms with Gasteiger partial charge in [0.2, 0.25) is 0 Å². The monoisotopic (exact) mass is 800 g/mol. The second-order valence-electron chi connectivity index (χ2n) is 16.7. The van der Waals surface area contributed by atoms with Crippen molar-refractivity contribution in [3.8, 4) is 11.5 Å². The number of hydrogen-bond donors (Lipinski definition) is 3. The molecule has 8 rings (SSSR count). The Morgan fingerprint density at radius 3 is 2.55 bits per heavy atom. The molecule has 5 heterocycles. The Kier molecular flexibility index (Phi) is 11.5. The van der Waals surface area contributed by atoms with Crippen molar-refractivity contribution >= 4 is 43.9 Å². The van der Waals surface area contributed by atoms with Crippen molar-refractivity contribution in [2.75, 3.05) is 44.7 Å². The smallest absolute Gasteiger partial charge is 0.268 e. The van der Waals surface area contributed by atoms with Crippen molar-refractivity contribution in [2.24, 2.45) is 11.3 Å². The van der Waals surface area contributed by atoms with Gasteiger partial charge in [0.05, 0.1) is 11.8 Å². The zero-order valence-electron chi connectivity index (χ0n) is 33.5. The van der Waals surface area contributed by atoms with Crippen LogP contribution in [-0.4, -0.2) is 73.6 Å². The number of anilines is 1. The second kappa shape index (κ2) is 16.9. The van der Waals surface area contributed by atoms with E-state index in [1.807, 2.05) is 24.3 Å². The van der Waals surface area contributed by atoms with Crippen molar-refractivity contribution in [2.45, 2.75) is 64.2 Å². The molecule has 2 aliphatic heterocycles. The predicted octanol–water partition coefficient (Wildman–Crippen LogP) is 8.77. The summed E-state index contributed by atoms with van der Waals surface area (Å²) in [6, 6.07) is 21.1. The van der Waals surface area contributed by atoms with Crippen LogP contribution in [0.1, 0.15) is 79.4 Å². The number of benzene rings is 2. The van der Waals surface area contributed by atoms with Crippen molar-refractivity contribution < 1.29 is 22.7 Å². The van der Waals surface area contributed by atoms with Crippen molar-refractivity contribution in [1.82, 2.24) is 24.6 Å². The number of ether oxygens (including phenoxy) is 2. The van der Waals surface area contributed by atoms with E-state index in [9.17, 15) is 13.2 Å². The summed E-state index contributed by atoms with van der Waals surface area (Å²) in [4.78, 5) is 28.0. The van der Waals surface area contributed by atoms with Crippen LogP contribution in [-0.2, 0) is 14.8 Å². The Balaban J connectivity index is 1.00. The van der Waals surface area contributed by atoms with Crippen molar-refractivity contribution in [3.05, 3.63) is 119 Å². The Labute approximate surface area is 341 Å². The van der Waals surface area contributed by atoms with Crippen molar-refractivity contribution in [1.29, 1.82) is 0 Å². The maximum atomic E-state index is 13.8. The number of aryl methyl sites for hydroxylation is 1. The highest BCUT2D eigenvalue weighted by Gasteiger charge is 2.29. The van der Waals surface area contributed by atoms with E-state index in [0.717, 1.165) is 88.0 Å². The third-order valence-electron chi connectivity index (χ3n) is 11.7. The van der Waals surface area contributed by atoms with Gasteiger partial charge in [0, 0.05) is 57.2 Å². The van der Waals surface area contributed by atoms with Crippen LogP contribution in [0, 0.1) is 18.3 Å². The topological polar surface area (TPSA) is 139 Å². The number of allylic oxidation sites excluding steroid dienone is 1. The van der Waals surface area contributed by atoms with E-state index in [0.29, 0.717) is 23.1 Å². The highest BCUT2D eigenvalue weighted by molar-refractivity contribution is 7.90. The first kappa shape index (κ1) is 39.5. The van der Waals surface area contributed by atoms with Gasteiger partial charge >= 0.3 is 0 Å². The minimum atomic E-state index is -4.25. The first-order valence-corrected chi connectivity index (χ1v) is 21.8. The molecule has 3 aromatic heterocycles. The van der Waals surface area contributed by atoms with Gasteiger partial charge in [0.1, 0.15) is 27.9 Å². The standard InChI is InChI=1S/C46H52N6O5S/c1-31-4-6-34(7-5-31)41-26-46(2,3)18-12-37(41)30-52-20-14-33(15-21-52)35-8-10-40(42(25-35)57-38-24-36-13-19-47-44(36)50-28-38)45(53)51-58(54,55)39-9-11-43(49-29-39)48-27-32-16-22-56-23-17-32/h4-11,13-14,19,24-25,28-29,32H,12,15-18,20-23,26-27,30H2,1-3H3,(H,47,50)(H,48,49)(H,51,53). The van der Waals surface area contributed by atoms with Gasteiger partial charge in [-0.3, -0.25) is 9.69 Å². The first-order valence-electron chi connectivity index (χ1n) is 20.3. The number of carbonyl (C=O) groups excluding carboxylic acids is 1. The fourth-order valence-corrected chi connectivity index (χ4v) is 9.04. The molecule has 0 spiro atoms. The van der Waals surface area contributed by atoms with Crippen LogP contribution in [0.15, 0.2) is 102 Å². The molecule has 302 valence electrons. The van der Waals surface area contributed by atoms with Crippen LogP contribution in [0.4, 0.5) is 5.82 Å². The molecule has 2 aromatic carbocycles. The fraction of sp³-hybridized carbons (Fsp3) is 0.370. The number of pyridine rings is 2. The lowest BCUT2D eigenvalue weighted by molar-refractivity contribution is 0.0699. The van der Waals surface area contributed by atoms with Gasteiger partial charge < -0.3 is 19.8 Å². The largest absolute Gasteiger partial charge is 0.455 e. The normalized spacial score (nSPS) is 17.9. The number of nitrogens with one attached hydrogen (secondary N) is 3. The molecule has 0 atom stereocenters. The molecule has 1 saturated heterocycles. The van der Waals surface area contributed by atoms with E-state index in [4.69, 9.17) is 9.47 Å². The third-order valence-corrected chi connectivity index (χ3v) is 13.0. The van der Waals surface area contributed by atoms with Crippen LogP contribution >= 0.6 is 0 Å². The highest BCUT2D eigenvalue weighted by Crippen LogP contribution is 2.43. The molecule has 0 radical (unpaired) electrons. The summed E-state index contributed by atoms with van der Waals surface area (Å²) in [5.74, 6) is 0.885. The third kappa shape index (κ3) is 9.36. The van der Waals surface area contributed by atoms with Gasteiger partial charge in [-0.15, -0.1) is 0 Å². The minimum absolute atomic E-state index is 0.0815. The predicted molar refractivity (Wildman–Crippen MR) is 228 cm³/mol. The van der Waals surface area contributed by atoms with Gasteiger partial charge in [-0.1, -0.05) is 61.4 Å². The van der Waals surface area contributed by atoms with Crippen LogP contribution in [0.5, 0.6) is 11.5 Å². The number of amides is 1. The molecule has 11 nitrogen and oxygen atoms in total. The number of carbonyl (C=O) groups is 1. The quantitative estimate of drug-likeness (QED) is 0.113. The maximum Gasteiger partial charge on any atom is 0.268 e. The molecule has 1 aliphatic carbocycles. The lowest BCUT2D eigenvalue weighted by Gasteiger charge is -2.36. The van der Waals surface area contributed by atoms with Gasteiger partial charge in [0.15, 0.2) is 0 Å². The summed E-state index contributed by atoms with van der Waals surface area (Å²) in [7, 11) is -4.25. The SMILES string of the molecule is Cc1ccc(C2=C(CN3CC=C(c4ccc(C(=O)NS(=O)(=O)c5ccc(NCC6CCOCC6)nc5)c(Oc5cnc6[nH]ccc6c5)c4)CC3)CCC(C)(C)C2)cc1. The molecule has 3 aliphatic rings. The molecule has 3 N–H and O–H groups in total. The zero-order valence-corrected chi connectivity index (χ0v) is 34.3. The molecular weight excluding hydrogens is 749 g/mol. The van der Waals surface area contributed by atoms with E-state index in [1.54, 1.807) is 24.5 Å². The Morgan fingerprint density at radius 1 is 0.983 bits per heavy atom. The average Bonchev–Trinajstić information content (AvgIpc) is 3.70. The molecule has 58 heavy (non-hydrogen) atoms. The number of aromatic amines is 1. The van der Waals surface area contributed by atoms with Crippen LogP contribution in [0.25, 0.3) is 22.2 Å². The van der Waals surface area contributed by atoms with Crippen LogP contribution < -0.4 is 14.8 Å². The van der Waals surface area contributed by atoms with Crippen molar-refractivity contribution in [3.63, 3.8) is 0 Å². The molecule has 1 amide bonds. The molecule has 0 bridgehead atoms. The Hall–Kier alpha value is -5.30. The van der Waals surface area contributed by atoms with E-state index in [-0.39, 0.29) is 21.6 Å². The number of sulfonamides is 1. The minimum Gasteiger partial charge on any atom is -0.455 e. The number of nitrogens with zero attached hydrogens (tertiary/aromatic N) is 3. The van der Waals surface area contributed by atoms with E-state index in [1.165, 1.54) is 41.0 Å². The molecule has 1 fully saturated rings. The molecule has 0 saturated carbocycles. The molecule has 12 heteroatoms. The number of aromatic nitrogens is 3. The van der Waals surface area contributed by atoms with Gasteiger partial charge in [-0.05, 0) is 115 Å². The number of rotatable bonds is 12. The Morgan fingerprint density at radius 2 is 1.79 bits per heavy atom. The maximum absolute atomic E-state index is 13.8.